The van der Waals surface area contributed by atoms with E-state index in [1.54, 1.807) is 22.7 Å². The molecule has 5 nitrogen and oxygen atoms in total. The van der Waals surface area contributed by atoms with E-state index in [1.165, 1.54) is 0 Å². The summed E-state index contributed by atoms with van der Waals surface area (Å²) in [6.45, 7) is 3.32. The van der Waals surface area contributed by atoms with Gasteiger partial charge in [-0.2, -0.15) is 5.10 Å². The number of thiazole rings is 1. The predicted octanol–water partition coefficient (Wildman–Crippen LogP) is 3.23. The average molecular weight is 334 g/mol. The van der Waals surface area contributed by atoms with Gasteiger partial charge in [0.15, 0.2) is 0 Å². The predicted molar refractivity (Wildman–Crippen MR) is 91.4 cm³/mol. The van der Waals surface area contributed by atoms with E-state index in [4.69, 9.17) is 0 Å². The number of nitrogens with one attached hydrogen (secondary N) is 1. The van der Waals surface area contributed by atoms with E-state index in [1.807, 2.05) is 28.3 Å². The Balaban J connectivity index is 1.76. The summed E-state index contributed by atoms with van der Waals surface area (Å²) in [7, 11) is 0. The van der Waals surface area contributed by atoms with Crippen molar-refractivity contribution in [1.29, 1.82) is 0 Å². The molecule has 0 saturated heterocycles. The highest BCUT2D eigenvalue weighted by molar-refractivity contribution is 7.13. The molecule has 0 aromatic carbocycles. The van der Waals surface area contributed by atoms with Crippen molar-refractivity contribution >= 4 is 28.5 Å². The maximum absolute atomic E-state index is 9.21. The number of aliphatic hydroxyl groups excluding tert-OH is 1. The largest absolute Gasteiger partial charge is 0.394 e. The van der Waals surface area contributed by atoms with Gasteiger partial charge in [0.25, 0.3) is 0 Å². The van der Waals surface area contributed by atoms with Gasteiger partial charge in [-0.3, -0.25) is 0 Å². The van der Waals surface area contributed by atoms with E-state index in [-0.39, 0.29) is 6.61 Å². The van der Waals surface area contributed by atoms with E-state index in [0.29, 0.717) is 13.1 Å². The normalized spacial score (nSPS) is 11.0. The molecule has 22 heavy (non-hydrogen) atoms. The minimum Gasteiger partial charge on any atom is -0.394 e. The Bertz CT molecular complexity index is 718. The zero-order chi connectivity index (χ0) is 15.4. The first-order valence-corrected chi connectivity index (χ1v) is 8.95. The molecular weight excluding hydrogens is 316 g/mol. The number of rotatable bonds is 7. The van der Waals surface area contributed by atoms with Crippen LogP contribution in [0.5, 0.6) is 0 Å². The fraction of sp³-hybridized carbons (Fsp3) is 0.333. The first-order chi connectivity index (χ1) is 10.8. The summed E-state index contributed by atoms with van der Waals surface area (Å²) >= 11 is 3.35. The van der Waals surface area contributed by atoms with Crippen LogP contribution >= 0.6 is 22.7 Å². The van der Waals surface area contributed by atoms with Crippen molar-refractivity contribution in [3.63, 3.8) is 0 Å². The third kappa shape index (κ3) is 3.37. The lowest BCUT2D eigenvalue weighted by atomic mass is 10.3. The number of nitrogens with zero attached hydrogens (tertiary/aromatic N) is 3. The van der Waals surface area contributed by atoms with Crippen molar-refractivity contribution in [2.45, 2.75) is 26.4 Å². The molecule has 3 aromatic heterocycles. The lowest BCUT2D eigenvalue weighted by Gasteiger charge is -2.07. The van der Waals surface area contributed by atoms with Gasteiger partial charge in [0.05, 0.1) is 35.3 Å². The summed E-state index contributed by atoms with van der Waals surface area (Å²) in [4.78, 5) is 5.68. The van der Waals surface area contributed by atoms with Gasteiger partial charge in [0, 0.05) is 11.4 Å². The zero-order valence-electron chi connectivity index (χ0n) is 12.3. The Morgan fingerprint density at radius 1 is 1.36 bits per heavy atom. The SMILES string of the molecule is CCc1nc(CNc2cc(-c3cccs3)nn2CCO)cs1. The molecule has 0 radical (unpaired) electrons. The minimum atomic E-state index is 0.0664. The van der Waals surface area contributed by atoms with Crippen LogP contribution in [0.15, 0.2) is 29.0 Å². The van der Waals surface area contributed by atoms with Crippen LogP contribution in [0.4, 0.5) is 5.82 Å². The van der Waals surface area contributed by atoms with Crippen LogP contribution in [0.25, 0.3) is 10.6 Å². The van der Waals surface area contributed by atoms with E-state index in [9.17, 15) is 5.11 Å². The molecule has 3 aromatic rings. The van der Waals surface area contributed by atoms with Crippen LogP contribution in [0.3, 0.4) is 0 Å². The van der Waals surface area contributed by atoms with Crippen molar-refractivity contribution < 1.29 is 5.11 Å². The molecule has 0 fully saturated rings. The fourth-order valence-electron chi connectivity index (χ4n) is 2.14. The van der Waals surface area contributed by atoms with Gasteiger partial charge in [0.2, 0.25) is 0 Å². The van der Waals surface area contributed by atoms with Crippen LogP contribution in [0.2, 0.25) is 0 Å². The second-order valence-electron chi connectivity index (χ2n) is 4.78. The van der Waals surface area contributed by atoms with Crippen LogP contribution in [-0.2, 0) is 19.5 Å². The van der Waals surface area contributed by atoms with Crippen molar-refractivity contribution in [2.24, 2.45) is 0 Å². The van der Waals surface area contributed by atoms with Crippen LogP contribution in [0.1, 0.15) is 17.6 Å². The maximum atomic E-state index is 9.21. The summed E-state index contributed by atoms with van der Waals surface area (Å²) in [5.74, 6) is 0.906. The lowest BCUT2D eigenvalue weighted by Crippen LogP contribution is -2.10. The minimum absolute atomic E-state index is 0.0664. The summed E-state index contributed by atoms with van der Waals surface area (Å²) in [6, 6.07) is 6.09. The maximum Gasteiger partial charge on any atom is 0.125 e. The molecule has 2 N–H and O–H groups in total. The highest BCUT2D eigenvalue weighted by Crippen LogP contribution is 2.26. The highest BCUT2D eigenvalue weighted by Gasteiger charge is 2.10. The molecule has 0 saturated carbocycles. The lowest BCUT2D eigenvalue weighted by molar-refractivity contribution is 0.270. The second-order valence-corrected chi connectivity index (χ2v) is 6.67. The summed E-state index contributed by atoms with van der Waals surface area (Å²) < 4.78 is 1.81. The number of hydrogen-bond donors (Lipinski definition) is 2. The Hall–Kier alpha value is -1.70. The molecule has 0 spiro atoms. The number of hydrogen-bond acceptors (Lipinski definition) is 6. The molecule has 0 bridgehead atoms. The number of thiophene rings is 1. The van der Waals surface area contributed by atoms with Gasteiger partial charge in [-0.05, 0) is 17.9 Å². The molecule has 0 atom stereocenters. The van der Waals surface area contributed by atoms with Gasteiger partial charge < -0.3 is 10.4 Å². The van der Waals surface area contributed by atoms with Gasteiger partial charge in [0.1, 0.15) is 11.5 Å². The van der Waals surface area contributed by atoms with Crippen LogP contribution in [0, 0.1) is 0 Å². The van der Waals surface area contributed by atoms with E-state index in [0.717, 1.165) is 33.5 Å². The molecule has 116 valence electrons. The van der Waals surface area contributed by atoms with Gasteiger partial charge in [-0.15, -0.1) is 22.7 Å². The molecule has 3 heterocycles. The molecule has 0 unspecified atom stereocenters. The number of aryl methyl sites for hydroxylation is 1. The van der Waals surface area contributed by atoms with Crippen molar-refractivity contribution in [3.05, 3.63) is 39.7 Å². The first kappa shape index (κ1) is 15.2. The summed E-state index contributed by atoms with van der Waals surface area (Å²) in [5, 5.41) is 22.4. The molecule has 0 amide bonds. The molecule has 0 aliphatic heterocycles. The monoisotopic (exact) mass is 334 g/mol. The number of aromatic nitrogens is 3. The smallest absolute Gasteiger partial charge is 0.125 e. The number of anilines is 1. The standard InChI is InChI=1S/C15H18N4OS2/c1-2-15-17-11(10-22-15)9-16-14-8-12(13-4-3-7-21-13)18-19(14)5-6-20/h3-4,7-8,10,16,20H,2,5-6,9H2,1H3. The second kappa shape index (κ2) is 7.04. The third-order valence-corrected chi connectivity index (χ3v) is 5.15. The molecular formula is C15H18N4OS2. The quantitative estimate of drug-likeness (QED) is 0.696. The van der Waals surface area contributed by atoms with Crippen molar-refractivity contribution in [2.75, 3.05) is 11.9 Å². The molecule has 0 aliphatic rings. The van der Waals surface area contributed by atoms with E-state index in [2.05, 4.69) is 27.7 Å². The summed E-state index contributed by atoms with van der Waals surface area (Å²) in [6.07, 6.45) is 0.968. The Labute approximate surface area is 137 Å². The van der Waals surface area contributed by atoms with Crippen LogP contribution < -0.4 is 5.32 Å². The van der Waals surface area contributed by atoms with Crippen molar-refractivity contribution in [3.8, 4) is 10.6 Å². The third-order valence-electron chi connectivity index (χ3n) is 3.22. The van der Waals surface area contributed by atoms with Crippen molar-refractivity contribution in [1.82, 2.24) is 14.8 Å². The van der Waals surface area contributed by atoms with Gasteiger partial charge in [-0.25, -0.2) is 9.67 Å². The number of aliphatic hydroxyl groups is 1. The van der Waals surface area contributed by atoms with Gasteiger partial charge >= 0.3 is 0 Å². The molecule has 3 rings (SSSR count). The topological polar surface area (TPSA) is 63.0 Å². The fourth-order valence-corrected chi connectivity index (χ4v) is 3.57. The molecule has 0 aliphatic carbocycles. The first-order valence-electron chi connectivity index (χ1n) is 7.20. The van der Waals surface area contributed by atoms with Gasteiger partial charge in [-0.1, -0.05) is 13.0 Å². The van der Waals surface area contributed by atoms with E-state index >= 15 is 0 Å². The Morgan fingerprint density at radius 3 is 2.95 bits per heavy atom. The Kier molecular flexibility index (Phi) is 4.87. The highest BCUT2D eigenvalue weighted by atomic mass is 32.1. The Morgan fingerprint density at radius 2 is 2.27 bits per heavy atom. The summed E-state index contributed by atoms with van der Waals surface area (Å²) in [5.41, 5.74) is 1.97. The van der Waals surface area contributed by atoms with E-state index < -0.39 is 0 Å². The molecule has 7 heteroatoms. The zero-order valence-corrected chi connectivity index (χ0v) is 14.0. The average Bonchev–Trinajstić information content (AvgIpc) is 3.26. The van der Waals surface area contributed by atoms with Crippen LogP contribution in [-0.4, -0.2) is 26.5 Å².